The molecule has 6 nitrogen and oxygen atoms in total. The first-order valence-corrected chi connectivity index (χ1v) is 6.41. The molecule has 0 amide bonds. The fraction of sp³-hybridized carbons (Fsp3) is 0.900. The molecule has 1 fully saturated rings. The minimum absolute atomic E-state index is 0.342. The van der Waals surface area contributed by atoms with Gasteiger partial charge < -0.3 is 25.0 Å². The van der Waals surface area contributed by atoms with E-state index in [4.69, 9.17) is 4.74 Å². The molecule has 6 atom stereocenters. The van der Waals surface area contributed by atoms with E-state index >= 15 is 0 Å². The lowest BCUT2D eigenvalue weighted by molar-refractivity contribution is -0.181. The van der Waals surface area contributed by atoms with E-state index in [1.54, 1.807) is 0 Å². The Balaban J connectivity index is 2.15. The Kier molecular flexibility index (Phi) is 3.65. The van der Waals surface area contributed by atoms with Gasteiger partial charge in [0.2, 0.25) is 0 Å². The minimum atomic E-state index is -1.11. The van der Waals surface area contributed by atoms with Gasteiger partial charge in [-0.3, -0.25) is 4.99 Å². The van der Waals surface area contributed by atoms with Crippen LogP contribution in [0.4, 0.5) is 0 Å². The maximum atomic E-state index is 9.99. The number of ether oxygens (including phenoxy) is 1. The van der Waals surface area contributed by atoms with Crippen molar-refractivity contribution in [1.29, 1.82) is 0 Å². The van der Waals surface area contributed by atoms with E-state index in [1.165, 1.54) is 18.7 Å². The van der Waals surface area contributed by atoms with Gasteiger partial charge in [0, 0.05) is 14.1 Å². The maximum Gasteiger partial charge on any atom is 0.161 e. The number of thioether (sulfide) groups is 1. The number of fused-ring (bicyclic) bond motifs is 1. The van der Waals surface area contributed by atoms with Crippen LogP contribution in [-0.2, 0) is 4.74 Å². The van der Waals surface area contributed by atoms with Crippen LogP contribution in [0, 0.1) is 0 Å². The molecule has 1 saturated heterocycles. The molecular formula is C10H18N2O4S. The topological polar surface area (TPSA) is 85.5 Å². The standard InChI is InChI=1S/C10H18N2O4S/c1-4(13)8-7(15)6(14)5-9(16-8)17-10(11-5)12(2)3/h4-9,13-15H,1-3H3/t4-,5?,6?,7?,8?,9?/m1/s1. The van der Waals surface area contributed by atoms with Gasteiger partial charge >= 0.3 is 0 Å². The summed E-state index contributed by atoms with van der Waals surface area (Å²) in [5.41, 5.74) is -0.342. The van der Waals surface area contributed by atoms with Crippen molar-refractivity contribution in [2.45, 2.75) is 42.8 Å². The summed E-state index contributed by atoms with van der Waals surface area (Å²) in [6.07, 6.45) is -3.71. The molecule has 2 heterocycles. The summed E-state index contributed by atoms with van der Waals surface area (Å²) in [6, 6.07) is -0.470. The molecule has 0 aromatic carbocycles. The molecular weight excluding hydrogens is 244 g/mol. The fourth-order valence-corrected chi connectivity index (χ4v) is 3.14. The third kappa shape index (κ3) is 2.30. The third-order valence-electron chi connectivity index (χ3n) is 2.95. The van der Waals surface area contributed by atoms with Crippen LogP contribution in [0.15, 0.2) is 4.99 Å². The normalized spacial score (nSPS) is 42.9. The third-order valence-corrected chi connectivity index (χ3v) is 4.25. The molecule has 0 aromatic heterocycles. The van der Waals surface area contributed by atoms with Crippen LogP contribution in [-0.4, -0.2) is 75.4 Å². The first-order chi connectivity index (χ1) is 7.91. The number of hydrogen-bond acceptors (Lipinski definition) is 7. The Hall–Kier alpha value is -0.340. The van der Waals surface area contributed by atoms with Gasteiger partial charge in [-0.05, 0) is 6.92 Å². The molecule has 0 saturated carbocycles. The van der Waals surface area contributed by atoms with Crippen molar-refractivity contribution < 1.29 is 20.1 Å². The van der Waals surface area contributed by atoms with Gasteiger partial charge in [-0.25, -0.2) is 0 Å². The summed E-state index contributed by atoms with van der Waals surface area (Å²) in [6.45, 7) is 1.54. The second-order valence-corrected chi connectivity index (χ2v) is 5.67. The highest BCUT2D eigenvalue weighted by Crippen LogP contribution is 2.37. The zero-order chi connectivity index (χ0) is 12.7. The summed E-state index contributed by atoms with van der Waals surface area (Å²) in [4.78, 5) is 6.16. The van der Waals surface area contributed by atoms with Crippen LogP contribution >= 0.6 is 11.8 Å². The van der Waals surface area contributed by atoms with Gasteiger partial charge in [0.1, 0.15) is 29.8 Å². The van der Waals surface area contributed by atoms with E-state index < -0.39 is 30.5 Å². The van der Waals surface area contributed by atoms with Crippen molar-refractivity contribution >= 4 is 16.9 Å². The molecule has 17 heavy (non-hydrogen) atoms. The second kappa shape index (κ2) is 4.74. The van der Waals surface area contributed by atoms with Crippen molar-refractivity contribution in [3.05, 3.63) is 0 Å². The summed E-state index contributed by atoms with van der Waals surface area (Å²) in [5, 5.41) is 30.1. The van der Waals surface area contributed by atoms with Gasteiger partial charge in [-0.15, -0.1) is 0 Å². The smallest absolute Gasteiger partial charge is 0.161 e. The maximum absolute atomic E-state index is 9.99. The molecule has 3 N–H and O–H groups in total. The quantitative estimate of drug-likeness (QED) is 0.553. The predicted molar refractivity (Wildman–Crippen MR) is 64.9 cm³/mol. The average molecular weight is 262 g/mol. The number of amidine groups is 1. The summed E-state index contributed by atoms with van der Waals surface area (Å²) in [5.74, 6) is 0. The van der Waals surface area contributed by atoms with Gasteiger partial charge in [0.05, 0.1) is 6.10 Å². The van der Waals surface area contributed by atoms with E-state index in [-0.39, 0.29) is 5.44 Å². The highest BCUT2D eigenvalue weighted by Gasteiger charge is 2.49. The molecule has 7 heteroatoms. The zero-order valence-electron chi connectivity index (χ0n) is 10.0. The van der Waals surface area contributed by atoms with E-state index in [9.17, 15) is 15.3 Å². The number of rotatable bonds is 1. The fourth-order valence-electron chi connectivity index (χ4n) is 1.99. The summed E-state index contributed by atoms with van der Waals surface area (Å²) >= 11 is 1.40. The number of aliphatic hydroxyl groups is 3. The van der Waals surface area contributed by atoms with E-state index in [2.05, 4.69) is 4.99 Å². The lowest BCUT2D eigenvalue weighted by atomic mass is 9.95. The van der Waals surface area contributed by atoms with Gasteiger partial charge in [0.25, 0.3) is 0 Å². The Bertz CT molecular complexity index is 323. The molecule has 5 unspecified atom stereocenters. The first kappa shape index (κ1) is 13.1. The summed E-state index contributed by atoms with van der Waals surface area (Å²) < 4.78 is 5.60. The Labute approximate surface area is 104 Å². The highest BCUT2D eigenvalue weighted by molar-refractivity contribution is 8.14. The minimum Gasteiger partial charge on any atom is -0.391 e. The first-order valence-electron chi connectivity index (χ1n) is 5.53. The predicted octanol–water partition coefficient (Wildman–Crippen LogP) is -1.15. The van der Waals surface area contributed by atoms with Gasteiger partial charge in [-0.2, -0.15) is 0 Å². The van der Waals surface area contributed by atoms with E-state index in [1.807, 2.05) is 19.0 Å². The summed E-state index contributed by atoms with van der Waals surface area (Å²) in [7, 11) is 3.72. The van der Waals surface area contributed by atoms with Crippen molar-refractivity contribution in [3.63, 3.8) is 0 Å². The Morgan fingerprint density at radius 3 is 2.53 bits per heavy atom. The van der Waals surface area contributed by atoms with Crippen LogP contribution in [0.3, 0.4) is 0 Å². The zero-order valence-corrected chi connectivity index (χ0v) is 10.8. The molecule has 0 aliphatic carbocycles. The van der Waals surface area contributed by atoms with E-state index in [0.717, 1.165) is 5.17 Å². The largest absolute Gasteiger partial charge is 0.391 e. The van der Waals surface area contributed by atoms with Crippen LogP contribution in [0.25, 0.3) is 0 Å². The van der Waals surface area contributed by atoms with Gasteiger partial charge in [0.15, 0.2) is 5.17 Å². The van der Waals surface area contributed by atoms with Gasteiger partial charge in [-0.1, -0.05) is 11.8 Å². The number of aliphatic hydroxyl groups excluding tert-OH is 3. The SMILES string of the molecule is C[C@@H](O)C1OC2SC(N(C)C)=NC2C(O)C1O. The number of hydrogen-bond donors (Lipinski definition) is 3. The van der Waals surface area contributed by atoms with Crippen molar-refractivity contribution in [2.24, 2.45) is 4.99 Å². The highest BCUT2D eigenvalue weighted by atomic mass is 32.2. The molecule has 2 aliphatic heterocycles. The van der Waals surface area contributed by atoms with Crippen LogP contribution in [0.2, 0.25) is 0 Å². The second-order valence-electron chi connectivity index (χ2n) is 4.61. The van der Waals surface area contributed by atoms with Crippen molar-refractivity contribution in [1.82, 2.24) is 4.90 Å². The Morgan fingerprint density at radius 2 is 2.00 bits per heavy atom. The van der Waals surface area contributed by atoms with E-state index in [0.29, 0.717) is 0 Å². The van der Waals surface area contributed by atoms with Crippen LogP contribution in [0.1, 0.15) is 6.92 Å². The lowest BCUT2D eigenvalue weighted by Gasteiger charge is -2.39. The molecule has 98 valence electrons. The molecule has 0 spiro atoms. The van der Waals surface area contributed by atoms with Crippen molar-refractivity contribution in [3.8, 4) is 0 Å². The van der Waals surface area contributed by atoms with Crippen LogP contribution < -0.4 is 0 Å². The lowest BCUT2D eigenvalue weighted by Crippen LogP contribution is -2.57. The average Bonchev–Trinajstić information content (AvgIpc) is 2.67. The number of aliphatic imine (C=N–C) groups is 1. The molecule has 0 aromatic rings. The Morgan fingerprint density at radius 1 is 1.35 bits per heavy atom. The molecule has 2 aliphatic rings. The molecule has 0 radical (unpaired) electrons. The van der Waals surface area contributed by atoms with Crippen LogP contribution in [0.5, 0.6) is 0 Å². The molecule has 2 rings (SSSR count). The number of nitrogens with zero attached hydrogens (tertiary/aromatic N) is 2. The van der Waals surface area contributed by atoms with Crippen molar-refractivity contribution in [2.75, 3.05) is 14.1 Å². The molecule has 0 bridgehead atoms. The monoisotopic (exact) mass is 262 g/mol.